The first-order chi connectivity index (χ1) is 9.06. The number of phenolic OH excluding ortho intramolecular Hbond substituents is 1. The molecule has 0 fully saturated rings. The van der Waals surface area contributed by atoms with E-state index in [1.807, 2.05) is 25.1 Å². The zero-order valence-corrected chi connectivity index (χ0v) is 10.9. The van der Waals surface area contributed by atoms with Gasteiger partial charge in [0.25, 0.3) is 0 Å². The van der Waals surface area contributed by atoms with Gasteiger partial charge in [-0.1, -0.05) is 23.7 Å². The molecule has 1 aromatic heterocycles. The van der Waals surface area contributed by atoms with Crippen molar-refractivity contribution in [1.82, 2.24) is 9.97 Å². The summed E-state index contributed by atoms with van der Waals surface area (Å²) < 4.78 is 0. The topological polar surface area (TPSA) is 68.9 Å². The quantitative estimate of drug-likeness (QED) is 0.638. The van der Waals surface area contributed by atoms with Crippen LogP contribution in [0, 0.1) is 6.92 Å². The minimum Gasteiger partial charge on any atom is -0.506 e. The lowest BCUT2D eigenvalue weighted by molar-refractivity contribution is 0.475. The zero-order chi connectivity index (χ0) is 13.6. The number of para-hydroxylation sites is 1. The van der Waals surface area contributed by atoms with Gasteiger partial charge >= 0.3 is 5.69 Å². The molecule has 0 spiro atoms. The Balaban J connectivity index is 2.36. The molecule has 2 aromatic carbocycles. The van der Waals surface area contributed by atoms with Crippen LogP contribution in [0.3, 0.4) is 0 Å². The Kier molecular flexibility index (Phi) is 2.61. The number of imidazole rings is 1. The number of benzene rings is 2. The number of aromatic hydroxyl groups is 1. The van der Waals surface area contributed by atoms with Crippen molar-refractivity contribution in [2.45, 2.75) is 6.92 Å². The third-order valence-corrected chi connectivity index (χ3v) is 3.44. The van der Waals surface area contributed by atoms with Gasteiger partial charge in [0.1, 0.15) is 5.75 Å². The van der Waals surface area contributed by atoms with Gasteiger partial charge in [-0.25, -0.2) is 4.79 Å². The van der Waals surface area contributed by atoms with Crippen LogP contribution < -0.4 is 5.69 Å². The Labute approximate surface area is 113 Å². The van der Waals surface area contributed by atoms with E-state index in [0.717, 1.165) is 27.7 Å². The van der Waals surface area contributed by atoms with E-state index in [1.165, 1.54) is 0 Å². The fourth-order valence-electron chi connectivity index (χ4n) is 2.24. The van der Waals surface area contributed by atoms with Gasteiger partial charge in [0.2, 0.25) is 0 Å². The number of phenols is 1. The second kappa shape index (κ2) is 4.17. The maximum absolute atomic E-state index is 11.4. The Morgan fingerprint density at radius 3 is 2.74 bits per heavy atom. The molecule has 0 aliphatic heterocycles. The highest BCUT2D eigenvalue weighted by atomic mass is 35.5. The van der Waals surface area contributed by atoms with Crippen molar-refractivity contribution >= 4 is 22.6 Å². The summed E-state index contributed by atoms with van der Waals surface area (Å²) in [5.74, 6) is 0.0534. The molecule has 0 aliphatic rings. The smallest absolute Gasteiger partial charge is 0.323 e. The summed E-state index contributed by atoms with van der Waals surface area (Å²) >= 11 is 5.96. The molecular formula is C14H11ClN2O2. The summed E-state index contributed by atoms with van der Waals surface area (Å²) in [6.07, 6.45) is 0. The zero-order valence-electron chi connectivity index (χ0n) is 10.1. The lowest BCUT2D eigenvalue weighted by Crippen LogP contribution is -1.99. The van der Waals surface area contributed by atoms with Crippen molar-refractivity contribution in [3.63, 3.8) is 0 Å². The first kappa shape index (κ1) is 11.9. The van der Waals surface area contributed by atoms with Gasteiger partial charge in [-0.2, -0.15) is 0 Å². The lowest BCUT2D eigenvalue weighted by atomic mass is 9.99. The van der Waals surface area contributed by atoms with E-state index >= 15 is 0 Å². The molecule has 0 radical (unpaired) electrons. The highest BCUT2D eigenvalue weighted by molar-refractivity contribution is 6.32. The van der Waals surface area contributed by atoms with E-state index in [2.05, 4.69) is 9.97 Å². The van der Waals surface area contributed by atoms with E-state index < -0.39 is 0 Å². The monoisotopic (exact) mass is 274 g/mol. The van der Waals surface area contributed by atoms with Crippen LogP contribution in [0.1, 0.15) is 5.56 Å². The van der Waals surface area contributed by atoms with Gasteiger partial charge < -0.3 is 15.1 Å². The van der Waals surface area contributed by atoms with Gasteiger partial charge in [-0.15, -0.1) is 0 Å². The van der Waals surface area contributed by atoms with Gasteiger partial charge in [-0.05, 0) is 36.2 Å². The predicted octanol–water partition coefficient (Wildman–Crippen LogP) is 3.19. The van der Waals surface area contributed by atoms with Crippen molar-refractivity contribution in [2.24, 2.45) is 0 Å². The minimum atomic E-state index is -0.245. The molecule has 0 saturated heterocycles. The van der Waals surface area contributed by atoms with Crippen LogP contribution in [0.2, 0.25) is 5.02 Å². The fraction of sp³-hybridized carbons (Fsp3) is 0.0714. The highest BCUT2D eigenvalue weighted by Gasteiger charge is 2.11. The number of fused-ring (bicyclic) bond motifs is 1. The first-order valence-corrected chi connectivity index (χ1v) is 6.14. The SMILES string of the molecule is Cc1cc(O)c(Cl)cc1-c1cccc2[nH]c(=O)[nH]c12. The Bertz CT molecular complexity index is 833. The van der Waals surface area contributed by atoms with Crippen LogP contribution in [-0.4, -0.2) is 15.1 Å². The third kappa shape index (κ3) is 1.90. The number of nitrogens with one attached hydrogen (secondary N) is 2. The predicted molar refractivity (Wildman–Crippen MR) is 75.8 cm³/mol. The largest absolute Gasteiger partial charge is 0.506 e. The van der Waals surface area contributed by atoms with Crippen LogP contribution in [0.4, 0.5) is 0 Å². The van der Waals surface area contributed by atoms with Crippen molar-refractivity contribution in [3.05, 3.63) is 51.4 Å². The number of aromatic nitrogens is 2. The summed E-state index contributed by atoms with van der Waals surface area (Å²) in [4.78, 5) is 16.9. The molecule has 4 nitrogen and oxygen atoms in total. The standard InChI is InChI=1S/C14H11ClN2O2/c1-7-5-12(18)10(15)6-9(7)8-3-2-4-11-13(8)17-14(19)16-11/h2-6,18H,1H3,(H2,16,17,19). The molecule has 1 heterocycles. The maximum atomic E-state index is 11.4. The van der Waals surface area contributed by atoms with E-state index in [9.17, 15) is 9.90 Å². The van der Waals surface area contributed by atoms with Gasteiger partial charge in [0.05, 0.1) is 16.1 Å². The van der Waals surface area contributed by atoms with Crippen molar-refractivity contribution < 1.29 is 5.11 Å². The van der Waals surface area contributed by atoms with E-state index in [4.69, 9.17) is 11.6 Å². The summed E-state index contributed by atoms with van der Waals surface area (Å²) in [5.41, 5.74) is 3.86. The minimum absolute atomic E-state index is 0.0534. The molecule has 0 amide bonds. The summed E-state index contributed by atoms with van der Waals surface area (Å²) in [7, 11) is 0. The first-order valence-electron chi connectivity index (χ1n) is 5.77. The number of aryl methyl sites for hydroxylation is 1. The number of halogens is 1. The number of H-pyrrole nitrogens is 2. The molecule has 19 heavy (non-hydrogen) atoms. The average Bonchev–Trinajstić information content (AvgIpc) is 2.74. The highest BCUT2D eigenvalue weighted by Crippen LogP contribution is 2.34. The second-order valence-electron chi connectivity index (χ2n) is 4.43. The van der Waals surface area contributed by atoms with Gasteiger partial charge in [-0.3, -0.25) is 0 Å². The maximum Gasteiger partial charge on any atom is 0.323 e. The fourth-order valence-corrected chi connectivity index (χ4v) is 2.40. The van der Waals surface area contributed by atoms with Gasteiger partial charge in [0, 0.05) is 5.56 Å². The van der Waals surface area contributed by atoms with Crippen LogP contribution in [0.25, 0.3) is 22.2 Å². The number of aromatic amines is 2. The summed E-state index contributed by atoms with van der Waals surface area (Å²) in [6, 6.07) is 8.91. The second-order valence-corrected chi connectivity index (χ2v) is 4.83. The molecule has 96 valence electrons. The van der Waals surface area contributed by atoms with Crippen molar-refractivity contribution in [3.8, 4) is 16.9 Å². The molecule has 0 bridgehead atoms. The average molecular weight is 275 g/mol. The molecule has 3 aromatic rings. The van der Waals surface area contributed by atoms with E-state index in [1.54, 1.807) is 12.1 Å². The van der Waals surface area contributed by atoms with Crippen molar-refractivity contribution in [1.29, 1.82) is 0 Å². The van der Waals surface area contributed by atoms with E-state index in [-0.39, 0.29) is 16.5 Å². The van der Waals surface area contributed by atoms with Crippen LogP contribution in [-0.2, 0) is 0 Å². The third-order valence-electron chi connectivity index (χ3n) is 3.14. The summed E-state index contributed by atoms with van der Waals surface area (Å²) in [6.45, 7) is 1.88. The lowest BCUT2D eigenvalue weighted by Gasteiger charge is -2.09. The molecule has 0 unspecified atom stereocenters. The molecule has 0 saturated carbocycles. The number of hydrogen-bond acceptors (Lipinski definition) is 2. The Morgan fingerprint density at radius 2 is 1.95 bits per heavy atom. The Hall–Kier alpha value is -2.20. The van der Waals surface area contributed by atoms with Gasteiger partial charge in [0.15, 0.2) is 0 Å². The number of rotatable bonds is 1. The van der Waals surface area contributed by atoms with Crippen molar-refractivity contribution in [2.75, 3.05) is 0 Å². The van der Waals surface area contributed by atoms with Crippen LogP contribution in [0.15, 0.2) is 35.1 Å². The van der Waals surface area contributed by atoms with Crippen LogP contribution in [0.5, 0.6) is 5.75 Å². The molecule has 0 aliphatic carbocycles. The molecule has 5 heteroatoms. The molecular weight excluding hydrogens is 264 g/mol. The molecule has 3 N–H and O–H groups in total. The molecule has 3 rings (SSSR count). The summed E-state index contributed by atoms with van der Waals surface area (Å²) in [5, 5.41) is 9.88. The Morgan fingerprint density at radius 1 is 1.16 bits per heavy atom. The molecule has 0 atom stereocenters. The normalized spacial score (nSPS) is 11.1. The number of hydrogen-bond donors (Lipinski definition) is 3. The van der Waals surface area contributed by atoms with Crippen LogP contribution >= 0.6 is 11.6 Å². The van der Waals surface area contributed by atoms with E-state index in [0.29, 0.717) is 0 Å².